The molecule has 7 heteroatoms. The van der Waals surface area contributed by atoms with Crippen LogP contribution in [0.4, 0.5) is 11.4 Å². The Morgan fingerprint density at radius 3 is 2.06 bits per heavy atom. The Morgan fingerprint density at radius 1 is 0.679 bits per heavy atom. The van der Waals surface area contributed by atoms with Crippen molar-refractivity contribution in [1.82, 2.24) is 9.97 Å². The van der Waals surface area contributed by atoms with Crippen LogP contribution in [0.3, 0.4) is 0 Å². The first kappa shape index (κ1) is 35.7. The lowest BCUT2D eigenvalue weighted by Gasteiger charge is -2.24. The average Bonchev–Trinajstić information content (AvgIpc) is 3.19. The first-order valence-corrected chi connectivity index (χ1v) is 19.0. The van der Waals surface area contributed by atoms with Gasteiger partial charge in [-0.2, -0.15) is 0 Å². The average molecular weight is 706 g/mol. The summed E-state index contributed by atoms with van der Waals surface area (Å²) in [5, 5.41) is 15.2. The van der Waals surface area contributed by atoms with Gasteiger partial charge in [0.2, 0.25) is 0 Å². The van der Waals surface area contributed by atoms with Crippen molar-refractivity contribution in [2.75, 3.05) is 12.4 Å². The Balaban J connectivity index is 1.21. The minimum atomic E-state index is -0.118. The maximum atomic E-state index is 14.4. The van der Waals surface area contributed by atoms with Gasteiger partial charge < -0.3 is 19.9 Å². The normalized spacial score (nSPS) is 11.8. The number of fused-ring (bicyclic) bond motifs is 2. The summed E-state index contributed by atoms with van der Waals surface area (Å²) in [7, 11) is 1.55. The SMILES string of the molecule is CCCCCCCCCCCCc1ccc(Nc2cc(Oc3ccccc3)c3nc(-c4ccc(OC)cc4O)nc4c3c2C(=O)c2ccccc2-4)cc1. The number of aromatic nitrogens is 2. The van der Waals surface area contributed by atoms with Crippen molar-refractivity contribution in [3.05, 3.63) is 120 Å². The number of phenols is 1. The fraction of sp³-hybridized carbons (Fsp3) is 0.283. The van der Waals surface area contributed by atoms with Crippen LogP contribution in [0.5, 0.6) is 23.0 Å². The quantitative estimate of drug-likeness (QED) is 0.0911. The molecule has 270 valence electrons. The molecule has 2 N–H and O–H groups in total. The third-order valence-electron chi connectivity index (χ3n) is 10.1. The molecule has 5 aromatic carbocycles. The van der Waals surface area contributed by atoms with Gasteiger partial charge in [-0.1, -0.05) is 119 Å². The number of rotatable bonds is 17. The zero-order chi connectivity index (χ0) is 36.6. The molecule has 1 aliphatic rings. The number of hydrogen-bond donors (Lipinski definition) is 2. The van der Waals surface area contributed by atoms with E-state index in [1.807, 2.05) is 60.7 Å². The smallest absolute Gasteiger partial charge is 0.196 e. The van der Waals surface area contributed by atoms with E-state index < -0.39 is 0 Å². The van der Waals surface area contributed by atoms with Crippen LogP contribution in [0.1, 0.15) is 92.6 Å². The predicted molar refractivity (Wildman–Crippen MR) is 214 cm³/mol. The summed E-state index contributed by atoms with van der Waals surface area (Å²) in [4.78, 5) is 24.4. The van der Waals surface area contributed by atoms with Crippen molar-refractivity contribution < 1.29 is 19.4 Å². The Morgan fingerprint density at radius 2 is 1.36 bits per heavy atom. The number of anilines is 2. The second kappa shape index (κ2) is 16.8. The number of carbonyl (C=O) groups excluding carboxylic acids is 1. The van der Waals surface area contributed by atoms with Crippen molar-refractivity contribution in [3.63, 3.8) is 0 Å². The van der Waals surface area contributed by atoms with Crippen LogP contribution in [0, 0.1) is 0 Å². The lowest BCUT2D eigenvalue weighted by atomic mass is 9.85. The minimum Gasteiger partial charge on any atom is -0.507 e. The molecule has 0 aliphatic heterocycles. The molecule has 53 heavy (non-hydrogen) atoms. The summed E-state index contributed by atoms with van der Waals surface area (Å²) < 4.78 is 11.8. The van der Waals surface area contributed by atoms with E-state index in [1.54, 1.807) is 19.2 Å². The summed E-state index contributed by atoms with van der Waals surface area (Å²) in [6.45, 7) is 2.27. The van der Waals surface area contributed by atoms with E-state index in [4.69, 9.17) is 19.4 Å². The van der Waals surface area contributed by atoms with Gasteiger partial charge in [-0.05, 0) is 54.8 Å². The number of nitrogens with one attached hydrogen (secondary N) is 1. The molecule has 0 saturated heterocycles. The number of ether oxygens (including phenoxy) is 2. The predicted octanol–water partition coefficient (Wildman–Crippen LogP) is 12.2. The first-order valence-electron chi connectivity index (χ1n) is 19.0. The van der Waals surface area contributed by atoms with Crippen LogP contribution in [0.2, 0.25) is 0 Å². The van der Waals surface area contributed by atoms with Gasteiger partial charge >= 0.3 is 0 Å². The van der Waals surface area contributed by atoms with E-state index >= 15 is 0 Å². The van der Waals surface area contributed by atoms with Gasteiger partial charge in [-0.25, -0.2) is 9.97 Å². The number of nitrogens with zero attached hydrogens (tertiary/aromatic N) is 2. The Kier molecular flexibility index (Phi) is 11.3. The number of para-hydroxylation sites is 1. The lowest BCUT2D eigenvalue weighted by Crippen LogP contribution is -2.15. The van der Waals surface area contributed by atoms with Gasteiger partial charge in [0.05, 0.1) is 29.6 Å². The van der Waals surface area contributed by atoms with Crippen LogP contribution in [0.15, 0.2) is 103 Å². The molecule has 1 aromatic heterocycles. The molecule has 7 nitrogen and oxygen atoms in total. The van der Waals surface area contributed by atoms with Crippen LogP contribution in [-0.4, -0.2) is 28.0 Å². The number of aromatic hydroxyl groups is 1. The second-order valence-corrected chi connectivity index (χ2v) is 13.8. The number of hydrogen-bond acceptors (Lipinski definition) is 7. The number of carbonyl (C=O) groups is 1. The van der Waals surface area contributed by atoms with E-state index in [0.717, 1.165) is 12.1 Å². The van der Waals surface area contributed by atoms with Gasteiger partial charge in [0.1, 0.15) is 22.8 Å². The van der Waals surface area contributed by atoms with Gasteiger partial charge in [-0.15, -0.1) is 0 Å². The van der Waals surface area contributed by atoms with Gasteiger partial charge in [0.25, 0.3) is 0 Å². The van der Waals surface area contributed by atoms with Gasteiger partial charge in [0.15, 0.2) is 17.4 Å². The van der Waals surface area contributed by atoms with Crippen molar-refractivity contribution in [1.29, 1.82) is 0 Å². The molecule has 0 unspecified atom stereocenters. The van der Waals surface area contributed by atoms with Gasteiger partial charge in [0, 0.05) is 34.3 Å². The molecule has 0 radical (unpaired) electrons. The maximum absolute atomic E-state index is 14.4. The Bertz CT molecular complexity index is 2200. The summed E-state index contributed by atoms with van der Waals surface area (Å²) in [6.07, 6.45) is 14.3. The molecular formula is C46H47N3O4. The molecule has 7 rings (SSSR count). The Hall–Kier alpha value is -5.69. The van der Waals surface area contributed by atoms with Crippen LogP contribution >= 0.6 is 0 Å². The zero-order valence-electron chi connectivity index (χ0n) is 30.7. The molecule has 0 spiro atoms. The highest BCUT2D eigenvalue weighted by atomic mass is 16.5. The summed E-state index contributed by atoms with van der Waals surface area (Å²) in [5.74, 6) is 1.77. The van der Waals surface area contributed by atoms with Crippen molar-refractivity contribution >= 4 is 28.1 Å². The molecule has 1 aliphatic carbocycles. The van der Waals surface area contributed by atoms with Crippen LogP contribution < -0.4 is 14.8 Å². The molecule has 0 saturated carbocycles. The van der Waals surface area contributed by atoms with Crippen molar-refractivity contribution in [3.8, 4) is 45.6 Å². The van der Waals surface area contributed by atoms with E-state index in [1.165, 1.54) is 75.8 Å². The summed E-state index contributed by atoms with van der Waals surface area (Å²) in [6, 6.07) is 32.4. The van der Waals surface area contributed by atoms with Crippen molar-refractivity contribution in [2.24, 2.45) is 0 Å². The molecule has 1 heterocycles. The van der Waals surface area contributed by atoms with E-state index in [-0.39, 0.29) is 11.5 Å². The monoisotopic (exact) mass is 705 g/mol. The number of unbranched alkanes of at least 4 members (excludes halogenated alkanes) is 9. The summed E-state index contributed by atoms with van der Waals surface area (Å²) >= 11 is 0. The molecule has 0 amide bonds. The highest BCUT2D eigenvalue weighted by Gasteiger charge is 2.32. The zero-order valence-corrected chi connectivity index (χ0v) is 30.7. The van der Waals surface area contributed by atoms with Crippen molar-refractivity contribution in [2.45, 2.75) is 77.6 Å². The number of aryl methyl sites for hydroxylation is 1. The topological polar surface area (TPSA) is 93.6 Å². The van der Waals surface area contributed by atoms with E-state index in [9.17, 15) is 9.90 Å². The number of phenolic OH excluding ortho intramolecular Hbond substituents is 1. The Labute approximate surface area is 312 Å². The lowest BCUT2D eigenvalue weighted by molar-refractivity contribution is 0.104. The van der Waals surface area contributed by atoms with Crippen LogP contribution in [0.25, 0.3) is 33.5 Å². The molecule has 6 aromatic rings. The second-order valence-electron chi connectivity index (χ2n) is 13.8. The maximum Gasteiger partial charge on any atom is 0.196 e. The standard InChI is InChI=1S/C46H47N3O4/c1-3-4-5-6-7-8-9-10-11-13-18-31-23-25-32(26-24-31)47-38-30-40(53-33-19-14-12-15-20-33)44-42-41(38)45(51)36-22-17-16-21-35(36)43(42)48-46(49-44)37-28-27-34(52-2)29-39(37)50/h12,14-17,19-30,47,50H,3-11,13,18H2,1-2H3. The number of ketones is 1. The van der Waals surface area contributed by atoms with E-state index in [0.29, 0.717) is 67.6 Å². The third-order valence-corrected chi connectivity index (χ3v) is 10.1. The fourth-order valence-corrected chi connectivity index (χ4v) is 7.20. The minimum absolute atomic E-state index is 0.0169. The number of methoxy groups -OCH3 is 1. The molecular weight excluding hydrogens is 659 g/mol. The number of benzene rings is 5. The van der Waals surface area contributed by atoms with Crippen LogP contribution in [-0.2, 0) is 6.42 Å². The summed E-state index contributed by atoms with van der Waals surface area (Å²) in [5.41, 5.74) is 6.01. The fourth-order valence-electron chi connectivity index (χ4n) is 7.20. The van der Waals surface area contributed by atoms with Gasteiger partial charge in [-0.3, -0.25) is 4.79 Å². The highest BCUT2D eigenvalue weighted by molar-refractivity contribution is 6.28. The molecule has 0 fully saturated rings. The molecule has 0 bridgehead atoms. The highest BCUT2D eigenvalue weighted by Crippen LogP contribution is 2.47. The third kappa shape index (κ3) is 8.05. The largest absolute Gasteiger partial charge is 0.507 e. The van der Waals surface area contributed by atoms with E-state index in [2.05, 4.69) is 36.5 Å². The molecule has 0 atom stereocenters. The first-order chi connectivity index (χ1) is 26.0.